The standard InChI is InChI=1S/C17H30N4/c1-8-10-18-13-11(3)14(20-12(9-2)19-13)21-15-16(4,5)17(15,6)7/h15H,8-10H2,1-7H3,(H2,18,19,20,21). The summed E-state index contributed by atoms with van der Waals surface area (Å²) in [7, 11) is 0. The molecular weight excluding hydrogens is 260 g/mol. The molecule has 1 fully saturated rings. The molecule has 4 nitrogen and oxygen atoms in total. The second kappa shape index (κ2) is 5.47. The third kappa shape index (κ3) is 2.72. The van der Waals surface area contributed by atoms with Crippen molar-refractivity contribution in [3.8, 4) is 0 Å². The molecule has 1 saturated carbocycles. The Morgan fingerprint density at radius 3 is 2.05 bits per heavy atom. The van der Waals surface area contributed by atoms with Gasteiger partial charge in [0.2, 0.25) is 0 Å². The summed E-state index contributed by atoms with van der Waals surface area (Å²) < 4.78 is 0. The van der Waals surface area contributed by atoms with Gasteiger partial charge in [-0.2, -0.15) is 0 Å². The van der Waals surface area contributed by atoms with E-state index >= 15 is 0 Å². The number of aromatic nitrogens is 2. The summed E-state index contributed by atoms with van der Waals surface area (Å²) in [6.45, 7) is 16.6. The quantitative estimate of drug-likeness (QED) is 0.831. The van der Waals surface area contributed by atoms with Gasteiger partial charge in [-0.1, -0.05) is 41.5 Å². The van der Waals surface area contributed by atoms with Crippen molar-refractivity contribution in [2.75, 3.05) is 17.2 Å². The highest BCUT2D eigenvalue weighted by Gasteiger charge is 2.65. The van der Waals surface area contributed by atoms with E-state index in [-0.39, 0.29) is 0 Å². The van der Waals surface area contributed by atoms with E-state index < -0.39 is 0 Å². The normalized spacial score (nSPS) is 19.4. The van der Waals surface area contributed by atoms with Gasteiger partial charge < -0.3 is 10.6 Å². The van der Waals surface area contributed by atoms with Crippen molar-refractivity contribution < 1.29 is 0 Å². The van der Waals surface area contributed by atoms with E-state index in [9.17, 15) is 0 Å². The fraction of sp³-hybridized carbons (Fsp3) is 0.765. The number of hydrogen-bond donors (Lipinski definition) is 2. The molecule has 0 aromatic carbocycles. The number of nitrogens with one attached hydrogen (secondary N) is 2. The van der Waals surface area contributed by atoms with Gasteiger partial charge in [0, 0.05) is 24.6 Å². The molecular formula is C17H30N4. The lowest BCUT2D eigenvalue weighted by Crippen LogP contribution is -2.16. The van der Waals surface area contributed by atoms with Crippen molar-refractivity contribution in [2.45, 2.75) is 67.3 Å². The van der Waals surface area contributed by atoms with Gasteiger partial charge in [-0.3, -0.25) is 0 Å². The molecule has 1 aliphatic carbocycles. The van der Waals surface area contributed by atoms with Crippen LogP contribution >= 0.6 is 0 Å². The molecule has 0 unspecified atom stereocenters. The summed E-state index contributed by atoms with van der Waals surface area (Å²) in [5, 5.41) is 7.09. The Hall–Kier alpha value is -1.32. The minimum Gasteiger partial charge on any atom is -0.370 e. The lowest BCUT2D eigenvalue weighted by Gasteiger charge is -2.15. The van der Waals surface area contributed by atoms with Gasteiger partial charge in [-0.15, -0.1) is 0 Å². The summed E-state index contributed by atoms with van der Waals surface area (Å²) in [6, 6.07) is 0.460. The number of hydrogen-bond acceptors (Lipinski definition) is 4. The molecule has 21 heavy (non-hydrogen) atoms. The first-order valence-electron chi connectivity index (χ1n) is 8.13. The molecule has 0 saturated heterocycles. The van der Waals surface area contributed by atoms with E-state index in [1.165, 1.54) is 0 Å². The monoisotopic (exact) mass is 290 g/mol. The van der Waals surface area contributed by atoms with Gasteiger partial charge in [0.25, 0.3) is 0 Å². The van der Waals surface area contributed by atoms with E-state index in [2.05, 4.69) is 64.1 Å². The lowest BCUT2D eigenvalue weighted by molar-refractivity contribution is 0.457. The van der Waals surface area contributed by atoms with E-state index in [0.29, 0.717) is 16.9 Å². The Labute approximate surface area is 129 Å². The Balaban J connectivity index is 2.27. The molecule has 0 atom stereocenters. The highest BCUT2D eigenvalue weighted by molar-refractivity contribution is 5.59. The molecule has 1 heterocycles. The Morgan fingerprint density at radius 1 is 1.00 bits per heavy atom. The van der Waals surface area contributed by atoms with Crippen molar-refractivity contribution >= 4 is 11.6 Å². The van der Waals surface area contributed by atoms with E-state index in [1.807, 2.05) is 0 Å². The van der Waals surface area contributed by atoms with Crippen LogP contribution < -0.4 is 10.6 Å². The highest BCUT2D eigenvalue weighted by atomic mass is 15.1. The molecule has 1 aromatic rings. The molecule has 0 radical (unpaired) electrons. The molecule has 4 heteroatoms. The second-order valence-corrected chi connectivity index (χ2v) is 7.26. The number of aryl methyl sites for hydroxylation is 1. The minimum absolute atomic E-state index is 0.299. The molecule has 1 aromatic heterocycles. The number of nitrogens with zero attached hydrogens (tertiary/aromatic N) is 2. The predicted molar refractivity (Wildman–Crippen MR) is 89.9 cm³/mol. The fourth-order valence-electron chi connectivity index (χ4n) is 2.97. The van der Waals surface area contributed by atoms with E-state index in [1.54, 1.807) is 0 Å². The summed E-state index contributed by atoms with van der Waals surface area (Å²) >= 11 is 0. The van der Waals surface area contributed by atoms with Crippen LogP contribution in [-0.2, 0) is 6.42 Å². The molecule has 1 aliphatic rings. The Bertz CT molecular complexity index is 506. The van der Waals surface area contributed by atoms with Crippen LogP contribution in [0.15, 0.2) is 0 Å². The topological polar surface area (TPSA) is 49.8 Å². The van der Waals surface area contributed by atoms with Crippen LogP contribution in [0.25, 0.3) is 0 Å². The maximum Gasteiger partial charge on any atom is 0.135 e. The van der Waals surface area contributed by atoms with Crippen LogP contribution in [0.2, 0.25) is 0 Å². The average molecular weight is 290 g/mol. The molecule has 0 spiro atoms. The zero-order valence-corrected chi connectivity index (χ0v) is 14.6. The van der Waals surface area contributed by atoms with Crippen LogP contribution in [0.4, 0.5) is 11.6 Å². The maximum atomic E-state index is 4.71. The van der Waals surface area contributed by atoms with Gasteiger partial charge in [-0.25, -0.2) is 9.97 Å². The zero-order valence-electron chi connectivity index (χ0n) is 14.6. The van der Waals surface area contributed by atoms with E-state index in [0.717, 1.165) is 42.4 Å². The van der Waals surface area contributed by atoms with Crippen LogP contribution in [-0.4, -0.2) is 22.6 Å². The third-order valence-corrected chi connectivity index (χ3v) is 5.35. The largest absolute Gasteiger partial charge is 0.370 e. The highest BCUT2D eigenvalue weighted by Crippen LogP contribution is 2.63. The average Bonchev–Trinajstić information content (AvgIpc) is 2.81. The first kappa shape index (κ1) is 16.1. The molecule has 118 valence electrons. The molecule has 2 rings (SSSR count). The summed E-state index contributed by atoms with van der Waals surface area (Å²) in [5.74, 6) is 2.87. The number of anilines is 2. The van der Waals surface area contributed by atoms with Crippen LogP contribution in [0, 0.1) is 17.8 Å². The van der Waals surface area contributed by atoms with Crippen LogP contribution in [0.5, 0.6) is 0 Å². The van der Waals surface area contributed by atoms with Gasteiger partial charge in [0.05, 0.1) is 0 Å². The third-order valence-electron chi connectivity index (χ3n) is 5.35. The SMILES string of the molecule is CCCNc1nc(CC)nc(NC2C(C)(C)C2(C)C)c1C. The summed E-state index contributed by atoms with van der Waals surface area (Å²) in [4.78, 5) is 9.34. The molecule has 2 N–H and O–H groups in total. The van der Waals surface area contributed by atoms with Gasteiger partial charge in [0.1, 0.15) is 17.5 Å². The van der Waals surface area contributed by atoms with Crippen molar-refractivity contribution in [2.24, 2.45) is 10.8 Å². The lowest BCUT2D eigenvalue weighted by atomic mass is 10.0. The predicted octanol–water partition coefficient (Wildman–Crippen LogP) is 4.02. The first-order valence-corrected chi connectivity index (χ1v) is 8.13. The summed E-state index contributed by atoms with van der Waals surface area (Å²) in [6.07, 6.45) is 1.95. The molecule has 0 bridgehead atoms. The Morgan fingerprint density at radius 2 is 1.57 bits per heavy atom. The van der Waals surface area contributed by atoms with Crippen molar-refractivity contribution in [1.82, 2.24) is 9.97 Å². The van der Waals surface area contributed by atoms with Crippen LogP contribution in [0.3, 0.4) is 0 Å². The van der Waals surface area contributed by atoms with Gasteiger partial charge in [0.15, 0.2) is 0 Å². The minimum atomic E-state index is 0.299. The number of rotatable bonds is 6. The van der Waals surface area contributed by atoms with Crippen molar-refractivity contribution in [3.05, 3.63) is 11.4 Å². The molecule has 0 aliphatic heterocycles. The fourth-order valence-corrected chi connectivity index (χ4v) is 2.97. The smallest absolute Gasteiger partial charge is 0.135 e. The van der Waals surface area contributed by atoms with Crippen molar-refractivity contribution in [1.29, 1.82) is 0 Å². The Kier molecular flexibility index (Phi) is 4.18. The van der Waals surface area contributed by atoms with Crippen LogP contribution in [0.1, 0.15) is 59.4 Å². The first-order chi connectivity index (χ1) is 9.75. The van der Waals surface area contributed by atoms with E-state index in [4.69, 9.17) is 4.98 Å². The van der Waals surface area contributed by atoms with Crippen molar-refractivity contribution in [3.63, 3.8) is 0 Å². The second-order valence-electron chi connectivity index (χ2n) is 7.26. The maximum absolute atomic E-state index is 4.71. The van der Waals surface area contributed by atoms with Gasteiger partial charge >= 0.3 is 0 Å². The zero-order chi connectivity index (χ0) is 15.8. The van der Waals surface area contributed by atoms with Gasteiger partial charge in [-0.05, 0) is 24.2 Å². The summed E-state index contributed by atoms with van der Waals surface area (Å²) in [5.41, 5.74) is 1.72. The molecule has 0 amide bonds.